The Morgan fingerprint density at radius 2 is 1.39 bits per heavy atom. The van der Waals surface area contributed by atoms with Crippen LogP contribution in [0.2, 0.25) is 0 Å². The Labute approximate surface area is 252 Å². The molecule has 0 saturated heterocycles. The van der Waals surface area contributed by atoms with Gasteiger partial charge in [0.15, 0.2) is 0 Å². The molecule has 0 aromatic carbocycles. The van der Waals surface area contributed by atoms with E-state index in [-0.39, 0.29) is 12.5 Å². The molecule has 2 N–H and O–H groups in total. The van der Waals surface area contributed by atoms with E-state index in [0.717, 1.165) is 32.1 Å². The molecule has 0 bridgehead atoms. The number of hydrogen-bond acceptors (Lipinski definition) is 6. The summed E-state index contributed by atoms with van der Waals surface area (Å²) in [5.41, 5.74) is 0. The number of allylic oxidation sites excluding steroid dienone is 3. The first-order valence-electron chi connectivity index (χ1n) is 16.2. The van der Waals surface area contributed by atoms with Crippen LogP contribution in [0.3, 0.4) is 0 Å². The summed E-state index contributed by atoms with van der Waals surface area (Å²) < 4.78 is 22.9. The summed E-state index contributed by atoms with van der Waals surface area (Å²) in [5.74, 6) is -0.223. The number of amides is 1. The Bertz CT molecular complexity index is 738. The molecule has 0 aromatic heterocycles. The monoisotopic (exact) mass is 602 g/mol. The predicted molar refractivity (Wildman–Crippen MR) is 168 cm³/mol. The number of quaternary nitrogens is 1. The van der Waals surface area contributed by atoms with Crippen LogP contribution in [0.5, 0.6) is 0 Å². The van der Waals surface area contributed by atoms with Crippen LogP contribution in [0.25, 0.3) is 0 Å². The van der Waals surface area contributed by atoms with E-state index in [4.69, 9.17) is 9.05 Å². The van der Waals surface area contributed by atoms with E-state index in [1.54, 1.807) is 12.2 Å². The van der Waals surface area contributed by atoms with E-state index in [9.17, 15) is 19.4 Å². The fraction of sp³-hybridized carbons (Fsp3) is 0.844. The molecule has 0 radical (unpaired) electrons. The summed E-state index contributed by atoms with van der Waals surface area (Å²) in [7, 11) is 1.23. The minimum absolute atomic E-state index is 0.00817. The normalized spacial score (nSPS) is 15.4. The van der Waals surface area contributed by atoms with E-state index in [1.807, 2.05) is 27.2 Å². The number of carbonyl (C=O) groups is 1. The Morgan fingerprint density at radius 1 is 0.854 bits per heavy atom. The first-order chi connectivity index (χ1) is 19.5. The van der Waals surface area contributed by atoms with Crippen molar-refractivity contribution in [1.82, 2.24) is 5.32 Å². The second kappa shape index (κ2) is 25.5. The van der Waals surface area contributed by atoms with Crippen molar-refractivity contribution in [3.8, 4) is 0 Å². The van der Waals surface area contributed by atoms with Gasteiger partial charge in [-0.15, -0.1) is 0 Å². The largest absolute Gasteiger partial charge is 0.756 e. The van der Waals surface area contributed by atoms with Gasteiger partial charge in [-0.25, -0.2) is 0 Å². The molecule has 0 fully saturated rings. The number of aliphatic hydroxyl groups excluding tert-OH is 1. The summed E-state index contributed by atoms with van der Waals surface area (Å²) in [4.78, 5) is 24.9. The number of unbranched alkanes of at least 4 members (excludes halogenated alkanes) is 14. The molecule has 0 aliphatic rings. The number of nitrogens with zero attached hydrogens (tertiary/aromatic N) is 1. The van der Waals surface area contributed by atoms with Crippen LogP contribution >= 0.6 is 7.82 Å². The van der Waals surface area contributed by atoms with Crippen LogP contribution in [0, 0.1) is 0 Å². The zero-order chi connectivity index (χ0) is 30.8. The molecule has 0 heterocycles. The Morgan fingerprint density at radius 3 is 1.95 bits per heavy atom. The summed E-state index contributed by atoms with van der Waals surface area (Å²) in [6.07, 6.45) is 25.2. The molecule has 0 rings (SSSR count). The van der Waals surface area contributed by atoms with E-state index >= 15 is 0 Å². The van der Waals surface area contributed by atoms with Gasteiger partial charge in [-0.3, -0.25) is 9.36 Å². The average molecular weight is 603 g/mol. The van der Waals surface area contributed by atoms with Crippen LogP contribution in [0.1, 0.15) is 123 Å². The van der Waals surface area contributed by atoms with Gasteiger partial charge in [0.1, 0.15) is 13.2 Å². The van der Waals surface area contributed by atoms with E-state index in [2.05, 4.69) is 25.2 Å². The van der Waals surface area contributed by atoms with Crippen molar-refractivity contribution < 1.29 is 32.9 Å². The SMILES string of the molecule is CCCCCCCC/C=C/C=C/[C@@H](O)[C@H](COP(=O)([O-])OCC[N+](C)(C)C)NC(=O)CCCCCCCCCCC. The second-order valence-electron chi connectivity index (χ2n) is 12.2. The highest BCUT2D eigenvalue weighted by Crippen LogP contribution is 2.38. The van der Waals surface area contributed by atoms with Crippen LogP contribution in [0.4, 0.5) is 0 Å². The third-order valence-electron chi connectivity index (χ3n) is 6.97. The molecule has 9 heteroatoms. The Hall–Kier alpha value is -1.02. The smallest absolute Gasteiger partial charge is 0.268 e. The number of phosphoric acid groups is 1. The Kier molecular flexibility index (Phi) is 24.8. The maximum atomic E-state index is 12.6. The van der Waals surface area contributed by atoms with Crippen LogP contribution in [-0.4, -0.2) is 68.5 Å². The molecule has 1 amide bonds. The summed E-state index contributed by atoms with van der Waals surface area (Å²) in [5, 5.41) is 13.5. The molecule has 8 nitrogen and oxygen atoms in total. The van der Waals surface area contributed by atoms with Gasteiger partial charge < -0.3 is 28.8 Å². The lowest BCUT2D eigenvalue weighted by Gasteiger charge is -2.29. The predicted octanol–water partition coefficient (Wildman–Crippen LogP) is 6.82. The van der Waals surface area contributed by atoms with Crippen LogP contribution in [0.15, 0.2) is 24.3 Å². The lowest BCUT2D eigenvalue weighted by molar-refractivity contribution is -0.870. The van der Waals surface area contributed by atoms with Gasteiger partial charge in [0.05, 0.1) is 39.9 Å². The number of phosphoric ester groups is 1. The van der Waals surface area contributed by atoms with E-state index in [1.165, 1.54) is 70.6 Å². The van der Waals surface area contributed by atoms with Gasteiger partial charge in [-0.2, -0.15) is 0 Å². The maximum absolute atomic E-state index is 12.6. The van der Waals surface area contributed by atoms with Gasteiger partial charge in [-0.05, 0) is 19.3 Å². The molecule has 3 atom stereocenters. The number of aliphatic hydroxyl groups is 1. The quantitative estimate of drug-likeness (QED) is 0.0440. The molecular weight excluding hydrogens is 539 g/mol. The van der Waals surface area contributed by atoms with Crippen molar-refractivity contribution in [2.24, 2.45) is 0 Å². The highest BCUT2D eigenvalue weighted by molar-refractivity contribution is 7.45. The Balaban J connectivity index is 4.74. The molecule has 242 valence electrons. The van der Waals surface area contributed by atoms with Crippen molar-refractivity contribution >= 4 is 13.7 Å². The van der Waals surface area contributed by atoms with Crippen LogP contribution in [-0.2, 0) is 18.4 Å². The summed E-state index contributed by atoms with van der Waals surface area (Å²) >= 11 is 0. The number of carbonyl (C=O) groups excluding carboxylic acids is 1. The van der Waals surface area contributed by atoms with Crippen molar-refractivity contribution in [3.63, 3.8) is 0 Å². The fourth-order valence-electron chi connectivity index (χ4n) is 4.27. The van der Waals surface area contributed by atoms with E-state index < -0.39 is 26.6 Å². The average Bonchev–Trinajstić information content (AvgIpc) is 2.90. The molecule has 1 unspecified atom stereocenters. The summed E-state index contributed by atoms with van der Waals surface area (Å²) in [6.45, 7) is 4.51. The molecule has 0 aliphatic carbocycles. The number of nitrogens with one attached hydrogen (secondary N) is 1. The van der Waals surface area contributed by atoms with Gasteiger partial charge in [0.25, 0.3) is 7.82 Å². The van der Waals surface area contributed by atoms with Crippen molar-refractivity contribution in [2.45, 2.75) is 135 Å². The van der Waals surface area contributed by atoms with Crippen molar-refractivity contribution in [2.75, 3.05) is 40.9 Å². The molecule has 0 aliphatic heterocycles. The molecule has 41 heavy (non-hydrogen) atoms. The van der Waals surface area contributed by atoms with Gasteiger partial charge >= 0.3 is 0 Å². The van der Waals surface area contributed by atoms with E-state index in [0.29, 0.717) is 17.4 Å². The molecule has 0 saturated carbocycles. The number of hydrogen-bond donors (Lipinski definition) is 2. The topological polar surface area (TPSA) is 108 Å². The highest BCUT2D eigenvalue weighted by atomic mass is 31.2. The van der Waals surface area contributed by atoms with Crippen molar-refractivity contribution in [1.29, 1.82) is 0 Å². The third kappa shape index (κ3) is 27.6. The second-order valence-corrected chi connectivity index (χ2v) is 13.6. The molecular formula is C32H63N2O6P. The lowest BCUT2D eigenvalue weighted by Crippen LogP contribution is -2.45. The standard InChI is InChI=1S/C32H63N2O6P/c1-6-8-10-12-14-16-18-19-21-23-25-31(35)30(29-40-41(37,38)39-28-27-34(3,4)5)33-32(36)26-24-22-20-17-15-13-11-9-7-2/h19,21,23,25,30-31,35H,6-18,20,22,24,26-29H2,1-5H3,(H-,33,36,37,38)/b21-19+,25-23+/t30-,31+/m0/s1. The first kappa shape index (κ1) is 40.0. The lowest BCUT2D eigenvalue weighted by atomic mass is 10.1. The third-order valence-corrected chi connectivity index (χ3v) is 7.93. The number of likely N-dealkylation sites (N-methyl/N-ethyl adjacent to an activating group) is 1. The minimum Gasteiger partial charge on any atom is -0.756 e. The fourth-order valence-corrected chi connectivity index (χ4v) is 4.99. The summed E-state index contributed by atoms with van der Waals surface area (Å²) in [6, 6.07) is -0.909. The van der Waals surface area contributed by atoms with Gasteiger partial charge in [-0.1, -0.05) is 122 Å². The molecule has 0 spiro atoms. The molecule has 0 aromatic rings. The van der Waals surface area contributed by atoms with Gasteiger partial charge in [0.2, 0.25) is 5.91 Å². The number of rotatable bonds is 28. The first-order valence-corrected chi connectivity index (χ1v) is 17.7. The van der Waals surface area contributed by atoms with Crippen molar-refractivity contribution in [3.05, 3.63) is 24.3 Å². The highest BCUT2D eigenvalue weighted by Gasteiger charge is 2.23. The zero-order valence-corrected chi connectivity index (χ0v) is 27.9. The van der Waals surface area contributed by atoms with Crippen LogP contribution < -0.4 is 10.2 Å². The zero-order valence-electron chi connectivity index (χ0n) is 27.0. The minimum atomic E-state index is -4.58. The maximum Gasteiger partial charge on any atom is 0.268 e. The van der Waals surface area contributed by atoms with Gasteiger partial charge in [0, 0.05) is 6.42 Å².